The maximum Gasteiger partial charge on any atom is 0.166 e. The summed E-state index contributed by atoms with van der Waals surface area (Å²) >= 11 is 0. The monoisotopic (exact) mass is 137 g/mol. The van der Waals surface area contributed by atoms with Gasteiger partial charge in [-0.05, 0) is 12.1 Å². The van der Waals surface area contributed by atoms with Crippen molar-refractivity contribution in [1.29, 1.82) is 5.41 Å². The fourth-order valence-electron chi connectivity index (χ4n) is 0.665. The number of rotatable bonds is 1. The molecule has 10 heavy (non-hydrogen) atoms. The zero-order chi connectivity index (χ0) is 7.56. The Morgan fingerprint density at radius 3 is 2.50 bits per heavy atom. The molecule has 0 unspecified atom stereocenters. The van der Waals surface area contributed by atoms with Gasteiger partial charge in [-0.25, -0.2) is 0 Å². The van der Waals surface area contributed by atoms with Gasteiger partial charge in [0.1, 0.15) is 0 Å². The smallest absolute Gasteiger partial charge is 0.166 e. The van der Waals surface area contributed by atoms with Crippen molar-refractivity contribution in [3.05, 3.63) is 23.8 Å². The van der Waals surface area contributed by atoms with Crippen molar-refractivity contribution in [3.8, 4) is 11.5 Å². The molecule has 1 rings (SSSR count). The Morgan fingerprint density at radius 1 is 1.30 bits per heavy atom. The number of hydrogen-bond donors (Lipinski definition) is 3. The SMILES string of the molecule is N=Cc1cccc(O)c1O. The largest absolute Gasteiger partial charge is 0.504 e. The van der Waals surface area contributed by atoms with Crippen LogP contribution in [0.1, 0.15) is 5.56 Å². The van der Waals surface area contributed by atoms with Crippen molar-refractivity contribution in [3.63, 3.8) is 0 Å². The van der Waals surface area contributed by atoms with E-state index in [-0.39, 0.29) is 11.5 Å². The number of nitrogens with one attached hydrogen (secondary N) is 1. The molecule has 0 saturated heterocycles. The van der Waals surface area contributed by atoms with E-state index >= 15 is 0 Å². The van der Waals surface area contributed by atoms with Crippen molar-refractivity contribution in [2.75, 3.05) is 0 Å². The van der Waals surface area contributed by atoms with E-state index in [1.807, 2.05) is 0 Å². The summed E-state index contributed by atoms with van der Waals surface area (Å²) in [5, 5.41) is 24.7. The second-order valence-electron chi connectivity index (χ2n) is 1.86. The third-order valence-corrected chi connectivity index (χ3v) is 1.20. The van der Waals surface area contributed by atoms with E-state index in [1.54, 1.807) is 12.1 Å². The number of phenolic OH excluding ortho intramolecular Hbond substituents is 2. The highest BCUT2D eigenvalue weighted by molar-refractivity contribution is 5.82. The number of benzene rings is 1. The van der Waals surface area contributed by atoms with Crippen LogP contribution in [0.25, 0.3) is 0 Å². The Balaban J connectivity index is 3.27. The zero-order valence-corrected chi connectivity index (χ0v) is 5.20. The summed E-state index contributed by atoms with van der Waals surface area (Å²) in [4.78, 5) is 0. The second kappa shape index (κ2) is 2.39. The van der Waals surface area contributed by atoms with E-state index < -0.39 is 0 Å². The summed E-state index contributed by atoms with van der Waals surface area (Å²) < 4.78 is 0. The third-order valence-electron chi connectivity index (χ3n) is 1.20. The summed E-state index contributed by atoms with van der Waals surface area (Å²) in [6.07, 6.45) is 0.981. The quantitative estimate of drug-likeness (QED) is 0.400. The molecule has 52 valence electrons. The number of aromatic hydroxyl groups is 2. The Kier molecular flexibility index (Phi) is 1.58. The van der Waals surface area contributed by atoms with Crippen LogP contribution in [0.5, 0.6) is 11.5 Å². The highest BCUT2D eigenvalue weighted by atomic mass is 16.3. The van der Waals surface area contributed by atoms with Crippen LogP contribution < -0.4 is 0 Å². The van der Waals surface area contributed by atoms with E-state index in [0.717, 1.165) is 6.21 Å². The first-order valence-corrected chi connectivity index (χ1v) is 2.77. The normalized spacial score (nSPS) is 9.20. The van der Waals surface area contributed by atoms with Gasteiger partial charge in [-0.3, -0.25) is 0 Å². The topological polar surface area (TPSA) is 64.3 Å². The first-order chi connectivity index (χ1) is 4.75. The molecule has 0 fully saturated rings. The van der Waals surface area contributed by atoms with Crippen LogP contribution in [-0.4, -0.2) is 16.4 Å². The van der Waals surface area contributed by atoms with Crippen molar-refractivity contribution >= 4 is 6.21 Å². The molecule has 0 spiro atoms. The average molecular weight is 137 g/mol. The van der Waals surface area contributed by atoms with Gasteiger partial charge < -0.3 is 15.6 Å². The van der Waals surface area contributed by atoms with Crippen molar-refractivity contribution in [2.45, 2.75) is 0 Å². The molecule has 0 atom stereocenters. The highest BCUT2D eigenvalue weighted by Gasteiger charge is 2.00. The molecule has 0 aliphatic heterocycles. The van der Waals surface area contributed by atoms with Crippen LogP contribution in [0.4, 0.5) is 0 Å². The molecule has 3 N–H and O–H groups in total. The van der Waals surface area contributed by atoms with Gasteiger partial charge in [0.2, 0.25) is 0 Å². The molecule has 0 amide bonds. The van der Waals surface area contributed by atoms with Gasteiger partial charge >= 0.3 is 0 Å². The standard InChI is InChI=1S/C7H7NO2/c8-4-5-2-1-3-6(9)7(5)10/h1-4,8-10H. The molecule has 0 heterocycles. The zero-order valence-electron chi connectivity index (χ0n) is 5.20. The van der Waals surface area contributed by atoms with E-state index in [4.69, 9.17) is 15.6 Å². The lowest BCUT2D eigenvalue weighted by Gasteiger charge is -1.98. The number of phenols is 2. The first kappa shape index (κ1) is 6.61. The molecule has 1 aromatic rings. The van der Waals surface area contributed by atoms with Gasteiger partial charge in [0.15, 0.2) is 11.5 Å². The number of hydrogen-bond acceptors (Lipinski definition) is 3. The molecule has 0 aliphatic rings. The minimum Gasteiger partial charge on any atom is -0.504 e. The maximum absolute atomic E-state index is 9.00. The van der Waals surface area contributed by atoms with Crippen molar-refractivity contribution < 1.29 is 10.2 Å². The lowest BCUT2D eigenvalue weighted by molar-refractivity contribution is 0.403. The average Bonchev–Trinajstić information content (AvgIpc) is 1.95. The Hall–Kier alpha value is -1.51. The minimum absolute atomic E-state index is 0.194. The van der Waals surface area contributed by atoms with Crippen molar-refractivity contribution in [2.24, 2.45) is 0 Å². The lowest BCUT2D eigenvalue weighted by Crippen LogP contribution is -1.79. The molecular weight excluding hydrogens is 130 g/mol. The molecule has 0 radical (unpaired) electrons. The lowest BCUT2D eigenvalue weighted by atomic mass is 10.2. The van der Waals surface area contributed by atoms with E-state index in [0.29, 0.717) is 5.56 Å². The maximum atomic E-state index is 9.00. The highest BCUT2D eigenvalue weighted by Crippen LogP contribution is 2.26. The van der Waals surface area contributed by atoms with Crippen LogP contribution >= 0.6 is 0 Å². The van der Waals surface area contributed by atoms with Crippen molar-refractivity contribution in [1.82, 2.24) is 0 Å². The molecule has 0 aliphatic carbocycles. The molecular formula is C7H7NO2. The van der Waals surface area contributed by atoms with Gasteiger partial charge in [-0.2, -0.15) is 0 Å². The first-order valence-electron chi connectivity index (χ1n) is 2.77. The van der Waals surface area contributed by atoms with Gasteiger partial charge in [0, 0.05) is 11.8 Å². The summed E-state index contributed by atoms with van der Waals surface area (Å²) in [5.74, 6) is -0.432. The summed E-state index contributed by atoms with van der Waals surface area (Å²) in [6, 6.07) is 4.47. The van der Waals surface area contributed by atoms with E-state index in [1.165, 1.54) is 6.07 Å². The van der Waals surface area contributed by atoms with E-state index in [2.05, 4.69) is 0 Å². The fourth-order valence-corrected chi connectivity index (χ4v) is 0.665. The fraction of sp³-hybridized carbons (Fsp3) is 0. The summed E-state index contributed by atoms with van der Waals surface area (Å²) in [5.41, 5.74) is 0.319. The predicted molar refractivity (Wildman–Crippen MR) is 37.7 cm³/mol. The molecule has 3 nitrogen and oxygen atoms in total. The van der Waals surface area contributed by atoms with Gasteiger partial charge in [-0.1, -0.05) is 6.07 Å². The van der Waals surface area contributed by atoms with Crippen LogP contribution in [0, 0.1) is 5.41 Å². The molecule has 0 aromatic heterocycles. The van der Waals surface area contributed by atoms with Gasteiger partial charge in [-0.15, -0.1) is 0 Å². The third kappa shape index (κ3) is 0.932. The Labute approximate surface area is 58.1 Å². The molecule has 0 saturated carbocycles. The Bertz CT molecular complexity index is 258. The number of para-hydroxylation sites is 1. The van der Waals surface area contributed by atoms with Gasteiger partial charge in [0.25, 0.3) is 0 Å². The van der Waals surface area contributed by atoms with Gasteiger partial charge in [0.05, 0.1) is 0 Å². The molecule has 3 heteroatoms. The summed E-state index contributed by atoms with van der Waals surface area (Å²) in [6.45, 7) is 0. The molecule has 1 aromatic carbocycles. The van der Waals surface area contributed by atoms with E-state index in [9.17, 15) is 0 Å². The second-order valence-corrected chi connectivity index (χ2v) is 1.86. The van der Waals surface area contributed by atoms with Crippen LogP contribution in [0.3, 0.4) is 0 Å². The van der Waals surface area contributed by atoms with Crippen LogP contribution in [-0.2, 0) is 0 Å². The van der Waals surface area contributed by atoms with Crippen LogP contribution in [0.15, 0.2) is 18.2 Å². The van der Waals surface area contributed by atoms with Crippen LogP contribution in [0.2, 0.25) is 0 Å². The predicted octanol–water partition coefficient (Wildman–Crippen LogP) is 1.10. The summed E-state index contributed by atoms with van der Waals surface area (Å²) in [7, 11) is 0. The molecule has 0 bridgehead atoms. The minimum atomic E-state index is -0.238. The Morgan fingerprint density at radius 2 is 2.00 bits per heavy atom.